The summed E-state index contributed by atoms with van der Waals surface area (Å²) in [6.45, 7) is 4.15. The molecule has 2 unspecified atom stereocenters. The lowest BCUT2D eigenvalue weighted by Gasteiger charge is -2.20. The Bertz CT molecular complexity index is 293. The van der Waals surface area contributed by atoms with Crippen molar-refractivity contribution < 1.29 is 19.4 Å². The first-order valence-corrected chi connectivity index (χ1v) is 5.75. The van der Waals surface area contributed by atoms with Gasteiger partial charge in [0, 0.05) is 13.7 Å². The Morgan fingerprint density at radius 3 is 2.53 bits per heavy atom. The molecule has 1 saturated heterocycles. The average molecular weight is 244 g/mol. The van der Waals surface area contributed by atoms with Gasteiger partial charge in [0.05, 0.1) is 12.1 Å². The van der Waals surface area contributed by atoms with E-state index in [1.54, 1.807) is 21.0 Å². The van der Waals surface area contributed by atoms with Gasteiger partial charge in [-0.05, 0) is 12.3 Å². The quantitative estimate of drug-likeness (QED) is 0.612. The minimum absolute atomic E-state index is 0.0214. The van der Waals surface area contributed by atoms with Gasteiger partial charge in [0.15, 0.2) is 0 Å². The van der Waals surface area contributed by atoms with Crippen LogP contribution in [0.3, 0.4) is 0 Å². The lowest BCUT2D eigenvalue weighted by molar-refractivity contribution is -0.143. The highest BCUT2D eigenvalue weighted by molar-refractivity contribution is 5.87. The van der Waals surface area contributed by atoms with Crippen LogP contribution in [0.5, 0.6) is 0 Å². The predicted molar refractivity (Wildman–Crippen MR) is 61.6 cm³/mol. The van der Waals surface area contributed by atoms with Crippen LogP contribution in [0.1, 0.15) is 20.3 Å². The molecule has 1 aliphatic rings. The fraction of sp³-hybridized carbons (Fsp3) is 0.818. The van der Waals surface area contributed by atoms with Gasteiger partial charge in [-0.25, -0.2) is 4.79 Å². The minimum Gasteiger partial charge on any atom is -0.480 e. The lowest BCUT2D eigenvalue weighted by atomic mass is 10.0. The third-order valence-corrected chi connectivity index (χ3v) is 2.97. The van der Waals surface area contributed by atoms with E-state index in [1.165, 1.54) is 0 Å². The molecule has 0 aliphatic carbocycles. The number of carboxylic acids is 1. The van der Waals surface area contributed by atoms with E-state index >= 15 is 0 Å². The Balaban J connectivity index is 2.51. The molecule has 1 heterocycles. The van der Waals surface area contributed by atoms with E-state index in [-0.39, 0.29) is 24.0 Å². The number of carbonyl (C=O) groups excluding carboxylic acids is 1. The summed E-state index contributed by atoms with van der Waals surface area (Å²) in [5, 5.41) is 14.5. The van der Waals surface area contributed by atoms with E-state index in [9.17, 15) is 9.59 Å². The molecule has 1 aliphatic heterocycles. The number of carbonyl (C=O) groups is 2. The number of nitrogens with one attached hydrogen (secondary N) is 2. The van der Waals surface area contributed by atoms with Crippen molar-refractivity contribution >= 4 is 11.9 Å². The molecular formula is C11H20N2O4. The van der Waals surface area contributed by atoms with Crippen LogP contribution in [-0.2, 0) is 14.3 Å². The second-order valence-corrected chi connectivity index (χ2v) is 4.62. The zero-order valence-electron chi connectivity index (χ0n) is 10.4. The summed E-state index contributed by atoms with van der Waals surface area (Å²) >= 11 is 0. The number of rotatable bonds is 5. The normalized spacial score (nSPS) is 25.9. The van der Waals surface area contributed by atoms with Crippen molar-refractivity contribution in [2.75, 3.05) is 13.7 Å². The standard InChI is InChI=1S/C11H20N2O4/c1-6(2)9(11(15)16)13-10(14)8-4-7(17-3)5-12-8/h6-9,12H,4-5H2,1-3H3,(H,13,14)(H,15,16)/t7?,8?,9-/m0/s1. The maximum atomic E-state index is 11.8. The smallest absolute Gasteiger partial charge is 0.326 e. The van der Waals surface area contributed by atoms with E-state index in [0.29, 0.717) is 13.0 Å². The number of carboxylic acid groups (broad SMARTS) is 1. The summed E-state index contributed by atoms with van der Waals surface area (Å²) in [7, 11) is 1.60. The molecule has 0 saturated carbocycles. The topological polar surface area (TPSA) is 87.7 Å². The molecule has 17 heavy (non-hydrogen) atoms. The summed E-state index contributed by atoms with van der Waals surface area (Å²) in [5.74, 6) is -1.42. The van der Waals surface area contributed by atoms with Crippen LogP contribution in [0.4, 0.5) is 0 Å². The van der Waals surface area contributed by atoms with Crippen molar-refractivity contribution in [2.24, 2.45) is 5.92 Å². The third-order valence-electron chi connectivity index (χ3n) is 2.97. The van der Waals surface area contributed by atoms with Gasteiger partial charge in [-0.1, -0.05) is 13.8 Å². The Hall–Kier alpha value is -1.14. The number of hydrogen-bond acceptors (Lipinski definition) is 4. The largest absolute Gasteiger partial charge is 0.480 e. The minimum atomic E-state index is -1.00. The molecule has 0 spiro atoms. The average Bonchev–Trinajstić information content (AvgIpc) is 2.73. The molecular weight excluding hydrogens is 224 g/mol. The van der Waals surface area contributed by atoms with Crippen molar-refractivity contribution in [1.29, 1.82) is 0 Å². The molecule has 0 aromatic carbocycles. The molecule has 1 fully saturated rings. The fourth-order valence-corrected chi connectivity index (χ4v) is 1.85. The highest BCUT2D eigenvalue weighted by Crippen LogP contribution is 2.10. The van der Waals surface area contributed by atoms with Crippen LogP contribution in [0.15, 0.2) is 0 Å². The van der Waals surface area contributed by atoms with Gasteiger partial charge in [-0.3, -0.25) is 4.79 Å². The summed E-state index contributed by atoms with van der Waals surface area (Å²) in [4.78, 5) is 22.8. The number of hydrogen-bond donors (Lipinski definition) is 3. The lowest BCUT2D eigenvalue weighted by Crippen LogP contribution is -2.50. The van der Waals surface area contributed by atoms with E-state index in [1.807, 2.05) is 0 Å². The second kappa shape index (κ2) is 5.97. The van der Waals surface area contributed by atoms with Gasteiger partial charge in [-0.2, -0.15) is 0 Å². The number of ether oxygens (including phenoxy) is 1. The molecule has 98 valence electrons. The first kappa shape index (κ1) is 13.9. The van der Waals surface area contributed by atoms with Gasteiger partial charge in [0.25, 0.3) is 0 Å². The van der Waals surface area contributed by atoms with Crippen molar-refractivity contribution in [1.82, 2.24) is 10.6 Å². The van der Waals surface area contributed by atoms with E-state index in [0.717, 1.165) is 0 Å². The highest BCUT2D eigenvalue weighted by Gasteiger charge is 2.32. The van der Waals surface area contributed by atoms with E-state index in [2.05, 4.69) is 10.6 Å². The molecule has 0 radical (unpaired) electrons. The Kier molecular flexibility index (Phi) is 4.89. The van der Waals surface area contributed by atoms with Crippen LogP contribution in [0.2, 0.25) is 0 Å². The SMILES string of the molecule is COC1CNC(C(=O)N[C@H](C(=O)O)C(C)C)C1. The zero-order valence-corrected chi connectivity index (χ0v) is 10.4. The van der Waals surface area contributed by atoms with Crippen molar-refractivity contribution in [3.05, 3.63) is 0 Å². The molecule has 6 nitrogen and oxygen atoms in total. The summed E-state index contributed by atoms with van der Waals surface area (Å²) < 4.78 is 5.13. The second-order valence-electron chi connectivity index (χ2n) is 4.62. The van der Waals surface area contributed by atoms with Crippen LogP contribution in [0, 0.1) is 5.92 Å². The maximum absolute atomic E-state index is 11.8. The van der Waals surface area contributed by atoms with Crippen LogP contribution < -0.4 is 10.6 Å². The number of methoxy groups -OCH3 is 1. The fourth-order valence-electron chi connectivity index (χ4n) is 1.85. The third kappa shape index (κ3) is 3.67. The first-order valence-electron chi connectivity index (χ1n) is 5.75. The van der Waals surface area contributed by atoms with Crippen LogP contribution in [0.25, 0.3) is 0 Å². The Morgan fingerprint density at radius 1 is 1.47 bits per heavy atom. The Morgan fingerprint density at radius 2 is 2.12 bits per heavy atom. The number of amides is 1. The van der Waals surface area contributed by atoms with Crippen LogP contribution in [-0.4, -0.2) is 48.8 Å². The van der Waals surface area contributed by atoms with E-state index in [4.69, 9.17) is 9.84 Å². The van der Waals surface area contributed by atoms with Gasteiger partial charge in [0.1, 0.15) is 6.04 Å². The first-order chi connectivity index (χ1) is 7.95. The highest BCUT2D eigenvalue weighted by atomic mass is 16.5. The molecule has 1 amide bonds. The molecule has 0 aromatic rings. The Labute approximate surface area is 101 Å². The summed E-state index contributed by atoms with van der Waals surface area (Å²) in [6, 6.07) is -1.20. The molecule has 3 atom stereocenters. The van der Waals surface area contributed by atoms with Gasteiger partial charge >= 0.3 is 5.97 Å². The zero-order chi connectivity index (χ0) is 13.0. The molecule has 6 heteroatoms. The summed E-state index contributed by atoms with van der Waals surface area (Å²) in [5.41, 5.74) is 0. The van der Waals surface area contributed by atoms with Crippen molar-refractivity contribution in [2.45, 2.75) is 38.5 Å². The van der Waals surface area contributed by atoms with Crippen molar-refractivity contribution in [3.63, 3.8) is 0 Å². The predicted octanol–water partition coefficient (Wildman–Crippen LogP) is -0.411. The van der Waals surface area contributed by atoms with Crippen LogP contribution >= 0.6 is 0 Å². The monoisotopic (exact) mass is 244 g/mol. The molecule has 3 N–H and O–H groups in total. The molecule has 0 aromatic heterocycles. The summed E-state index contributed by atoms with van der Waals surface area (Å²) in [6.07, 6.45) is 0.598. The van der Waals surface area contributed by atoms with Gasteiger partial charge in [-0.15, -0.1) is 0 Å². The van der Waals surface area contributed by atoms with Crippen molar-refractivity contribution in [3.8, 4) is 0 Å². The molecule has 0 bridgehead atoms. The number of aliphatic carboxylic acids is 1. The molecule has 1 rings (SSSR count). The van der Waals surface area contributed by atoms with Gasteiger partial charge in [0.2, 0.25) is 5.91 Å². The maximum Gasteiger partial charge on any atom is 0.326 e. The van der Waals surface area contributed by atoms with E-state index < -0.39 is 12.0 Å². The van der Waals surface area contributed by atoms with Gasteiger partial charge < -0.3 is 20.5 Å².